The van der Waals surface area contributed by atoms with Crippen molar-refractivity contribution in [1.29, 1.82) is 0 Å². The Hall–Kier alpha value is -1.14. The minimum Gasteiger partial charge on any atom is -0.497 e. The molecule has 1 aliphatic carbocycles. The van der Waals surface area contributed by atoms with Crippen LogP contribution < -0.4 is 15.8 Å². The Balaban J connectivity index is 2.19. The molecule has 1 saturated carbocycles. The van der Waals surface area contributed by atoms with Crippen LogP contribution in [0.1, 0.15) is 19.8 Å². The second kappa shape index (κ2) is 5.69. The highest BCUT2D eigenvalue weighted by atomic mass is 79.9. The van der Waals surface area contributed by atoms with Gasteiger partial charge in [-0.05, 0) is 30.9 Å². The smallest absolute Gasteiger partial charge is 0.237 e. The molecule has 1 amide bonds. The maximum atomic E-state index is 12.5. The third-order valence-electron chi connectivity index (χ3n) is 3.67. The van der Waals surface area contributed by atoms with Gasteiger partial charge in [-0.2, -0.15) is 0 Å². The molecule has 1 aliphatic rings. The van der Waals surface area contributed by atoms with Crippen molar-refractivity contribution in [2.24, 2.45) is 17.1 Å². The van der Waals surface area contributed by atoms with Gasteiger partial charge in [0.05, 0.1) is 17.5 Å². The summed E-state index contributed by atoms with van der Waals surface area (Å²) >= 11 is 8.47. The fraction of sp³-hybridized carbons (Fsp3) is 0.429. The summed E-state index contributed by atoms with van der Waals surface area (Å²) in [5.41, 5.74) is 5.73. The summed E-state index contributed by atoms with van der Waals surface area (Å²) in [4.78, 5) is 12.8. The standard InChI is InChI=1S/C14H17BrN2O2S/c1-8-6-14(7-8,12(16)20)13(18)17-10-3-9(15)4-11(5-10)19-2/h3-5,8H,6-7H2,1-2H3,(H2,16,20)(H,17,18). The molecule has 1 aromatic rings. The predicted molar refractivity (Wildman–Crippen MR) is 86.9 cm³/mol. The largest absolute Gasteiger partial charge is 0.497 e. The number of nitrogens with two attached hydrogens (primary N) is 1. The summed E-state index contributed by atoms with van der Waals surface area (Å²) in [5.74, 6) is 1.00. The van der Waals surface area contributed by atoms with Crippen LogP contribution in [0.4, 0.5) is 5.69 Å². The number of benzene rings is 1. The van der Waals surface area contributed by atoms with Gasteiger partial charge in [0.25, 0.3) is 0 Å². The molecule has 0 aliphatic heterocycles. The van der Waals surface area contributed by atoms with Crippen molar-refractivity contribution in [3.05, 3.63) is 22.7 Å². The number of carbonyl (C=O) groups is 1. The topological polar surface area (TPSA) is 64.3 Å². The Morgan fingerprint density at radius 3 is 2.65 bits per heavy atom. The fourth-order valence-electron chi connectivity index (χ4n) is 2.63. The molecular formula is C14H17BrN2O2S. The van der Waals surface area contributed by atoms with Crippen molar-refractivity contribution in [2.45, 2.75) is 19.8 Å². The summed E-state index contributed by atoms with van der Waals surface area (Å²) < 4.78 is 6.01. The Labute approximate surface area is 132 Å². The second-order valence-corrected chi connectivity index (χ2v) is 6.65. The molecule has 0 bridgehead atoms. The molecule has 1 fully saturated rings. The number of thiocarbonyl (C=S) groups is 1. The lowest BCUT2D eigenvalue weighted by Crippen LogP contribution is -2.53. The third-order valence-corrected chi connectivity index (χ3v) is 4.51. The van der Waals surface area contributed by atoms with Crippen LogP contribution in [0.25, 0.3) is 0 Å². The Morgan fingerprint density at radius 1 is 1.50 bits per heavy atom. The van der Waals surface area contributed by atoms with E-state index in [0.717, 1.165) is 4.47 Å². The number of ether oxygens (including phenoxy) is 1. The summed E-state index contributed by atoms with van der Waals surface area (Å²) in [6.07, 6.45) is 1.42. The number of halogens is 1. The number of hydrogen-bond donors (Lipinski definition) is 2. The zero-order valence-electron chi connectivity index (χ0n) is 11.4. The molecule has 0 spiro atoms. The first-order valence-corrected chi connectivity index (χ1v) is 7.53. The number of rotatable bonds is 4. The zero-order valence-corrected chi connectivity index (χ0v) is 13.8. The maximum Gasteiger partial charge on any atom is 0.237 e. The minimum atomic E-state index is -0.704. The summed E-state index contributed by atoms with van der Waals surface area (Å²) in [5, 5.41) is 2.89. The van der Waals surface area contributed by atoms with Crippen LogP contribution in [0.15, 0.2) is 22.7 Å². The first-order valence-electron chi connectivity index (χ1n) is 6.33. The molecule has 0 saturated heterocycles. The minimum absolute atomic E-state index is 0.136. The first-order chi connectivity index (χ1) is 9.37. The van der Waals surface area contributed by atoms with Crippen molar-refractivity contribution >= 4 is 44.7 Å². The number of methoxy groups -OCH3 is 1. The molecule has 108 valence electrons. The normalized spacial score (nSPS) is 24.6. The van der Waals surface area contributed by atoms with E-state index in [2.05, 4.69) is 28.2 Å². The van der Waals surface area contributed by atoms with Gasteiger partial charge in [0.15, 0.2) is 0 Å². The van der Waals surface area contributed by atoms with Gasteiger partial charge in [-0.25, -0.2) is 0 Å². The Kier molecular flexibility index (Phi) is 4.34. The molecule has 0 radical (unpaired) electrons. The molecular weight excluding hydrogens is 340 g/mol. The molecule has 0 aromatic heterocycles. The quantitative estimate of drug-likeness (QED) is 0.813. The van der Waals surface area contributed by atoms with Gasteiger partial charge in [-0.1, -0.05) is 35.1 Å². The second-order valence-electron chi connectivity index (χ2n) is 5.29. The van der Waals surface area contributed by atoms with E-state index < -0.39 is 5.41 Å². The SMILES string of the molecule is COc1cc(Br)cc(NC(=O)C2(C(N)=S)CC(C)C2)c1. The van der Waals surface area contributed by atoms with Crippen LogP contribution in [0, 0.1) is 11.3 Å². The highest BCUT2D eigenvalue weighted by Crippen LogP contribution is 2.46. The van der Waals surface area contributed by atoms with Crippen LogP contribution in [0.3, 0.4) is 0 Å². The van der Waals surface area contributed by atoms with Crippen LogP contribution in [-0.2, 0) is 4.79 Å². The first kappa shape index (κ1) is 15.3. The van der Waals surface area contributed by atoms with Crippen molar-refractivity contribution in [3.63, 3.8) is 0 Å². The number of amides is 1. The Bertz CT molecular complexity index is 556. The molecule has 0 heterocycles. The highest BCUT2D eigenvalue weighted by molar-refractivity contribution is 9.10. The van der Waals surface area contributed by atoms with E-state index >= 15 is 0 Å². The zero-order chi connectivity index (χ0) is 14.9. The monoisotopic (exact) mass is 356 g/mol. The molecule has 4 nitrogen and oxygen atoms in total. The summed E-state index contributed by atoms with van der Waals surface area (Å²) in [6.45, 7) is 2.09. The van der Waals surface area contributed by atoms with Crippen molar-refractivity contribution in [3.8, 4) is 5.75 Å². The number of carbonyl (C=O) groups excluding carboxylic acids is 1. The fourth-order valence-corrected chi connectivity index (χ4v) is 3.36. The van der Waals surface area contributed by atoms with Gasteiger partial charge in [-0.15, -0.1) is 0 Å². The van der Waals surface area contributed by atoms with E-state index in [4.69, 9.17) is 22.7 Å². The van der Waals surface area contributed by atoms with E-state index in [1.54, 1.807) is 13.2 Å². The van der Waals surface area contributed by atoms with Crippen molar-refractivity contribution in [2.75, 3.05) is 12.4 Å². The summed E-state index contributed by atoms with van der Waals surface area (Å²) in [6, 6.07) is 5.40. The van der Waals surface area contributed by atoms with Gasteiger partial charge < -0.3 is 15.8 Å². The Morgan fingerprint density at radius 2 is 2.15 bits per heavy atom. The van der Waals surface area contributed by atoms with Crippen molar-refractivity contribution in [1.82, 2.24) is 0 Å². The van der Waals surface area contributed by atoms with Gasteiger partial charge in [0, 0.05) is 16.2 Å². The number of nitrogens with one attached hydrogen (secondary N) is 1. The van der Waals surface area contributed by atoms with E-state index in [-0.39, 0.29) is 10.9 Å². The molecule has 0 atom stereocenters. The van der Waals surface area contributed by atoms with Crippen molar-refractivity contribution < 1.29 is 9.53 Å². The van der Waals surface area contributed by atoms with Gasteiger partial charge in [0.1, 0.15) is 5.75 Å². The van der Waals surface area contributed by atoms with E-state index in [0.29, 0.717) is 30.2 Å². The van der Waals surface area contributed by atoms with Crippen LogP contribution >= 0.6 is 28.1 Å². The average Bonchev–Trinajstić information content (AvgIpc) is 2.33. The number of anilines is 1. The maximum absolute atomic E-state index is 12.5. The molecule has 6 heteroatoms. The molecule has 2 rings (SSSR count). The summed E-state index contributed by atoms with van der Waals surface area (Å²) in [7, 11) is 1.58. The van der Waals surface area contributed by atoms with Gasteiger partial charge in [-0.3, -0.25) is 4.79 Å². The molecule has 3 N–H and O–H groups in total. The lowest BCUT2D eigenvalue weighted by atomic mass is 9.62. The van der Waals surface area contributed by atoms with Crippen LogP contribution in [-0.4, -0.2) is 18.0 Å². The highest BCUT2D eigenvalue weighted by Gasteiger charge is 2.50. The lowest BCUT2D eigenvalue weighted by Gasteiger charge is -2.44. The number of hydrogen-bond acceptors (Lipinski definition) is 3. The molecule has 0 unspecified atom stereocenters. The van der Waals surface area contributed by atoms with Gasteiger partial charge >= 0.3 is 0 Å². The van der Waals surface area contributed by atoms with Crippen LogP contribution in [0.2, 0.25) is 0 Å². The average molecular weight is 357 g/mol. The van der Waals surface area contributed by atoms with Crippen LogP contribution in [0.5, 0.6) is 5.75 Å². The molecule has 20 heavy (non-hydrogen) atoms. The third kappa shape index (κ3) is 2.81. The predicted octanol–water partition coefficient (Wildman–Crippen LogP) is 3.10. The van der Waals surface area contributed by atoms with E-state index in [9.17, 15) is 4.79 Å². The van der Waals surface area contributed by atoms with E-state index in [1.807, 2.05) is 12.1 Å². The van der Waals surface area contributed by atoms with Gasteiger partial charge in [0.2, 0.25) is 5.91 Å². The van der Waals surface area contributed by atoms with E-state index in [1.165, 1.54) is 0 Å². The molecule has 1 aromatic carbocycles. The lowest BCUT2D eigenvalue weighted by molar-refractivity contribution is -0.127.